The van der Waals surface area contributed by atoms with Crippen LogP contribution in [0.25, 0.3) is 0 Å². The number of rotatable bonds is 4. The van der Waals surface area contributed by atoms with Crippen LogP contribution in [0.2, 0.25) is 0 Å². The molecule has 0 aromatic carbocycles. The second kappa shape index (κ2) is 5.71. The standard InChI is InChI=1S/C12H23NO2S/c1-16-7-3-11(13)10-2-5-15-12(8-10)4-6-14-9-12/h10-11H,2-9,13H2,1H3. The van der Waals surface area contributed by atoms with Crippen molar-refractivity contribution in [3.05, 3.63) is 0 Å². The predicted molar refractivity (Wildman–Crippen MR) is 67.8 cm³/mol. The molecular formula is C12H23NO2S. The second-order valence-electron chi connectivity index (χ2n) is 5.03. The lowest BCUT2D eigenvalue weighted by Gasteiger charge is -2.39. The molecular weight excluding hydrogens is 222 g/mol. The van der Waals surface area contributed by atoms with Crippen LogP contribution in [0, 0.1) is 5.92 Å². The molecule has 0 aliphatic carbocycles. The van der Waals surface area contributed by atoms with Crippen molar-refractivity contribution in [1.29, 1.82) is 0 Å². The monoisotopic (exact) mass is 245 g/mol. The minimum Gasteiger partial charge on any atom is -0.378 e. The highest BCUT2D eigenvalue weighted by atomic mass is 32.2. The summed E-state index contributed by atoms with van der Waals surface area (Å²) >= 11 is 1.88. The fourth-order valence-electron chi connectivity index (χ4n) is 2.78. The smallest absolute Gasteiger partial charge is 0.0939 e. The van der Waals surface area contributed by atoms with Gasteiger partial charge in [-0.25, -0.2) is 0 Å². The van der Waals surface area contributed by atoms with E-state index < -0.39 is 0 Å². The van der Waals surface area contributed by atoms with E-state index in [2.05, 4.69) is 6.26 Å². The van der Waals surface area contributed by atoms with Crippen LogP contribution in [0.5, 0.6) is 0 Å². The average molecular weight is 245 g/mol. The summed E-state index contributed by atoms with van der Waals surface area (Å²) in [5.74, 6) is 1.80. The SMILES string of the molecule is CSCCC(N)C1CCOC2(CCOC2)C1. The molecule has 0 saturated carbocycles. The molecule has 2 heterocycles. The van der Waals surface area contributed by atoms with Crippen molar-refractivity contribution in [3.63, 3.8) is 0 Å². The lowest BCUT2D eigenvalue weighted by Crippen LogP contribution is -2.45. The molecule has 0 aromatic heterocycles. The number of ether oxygens (including phenoxy) is 2. The normalized spacial score (nSPS) is 36.8. The summed E-state index contributed by atoms with van der Waals surface area (Å²) in [4.78, 5) is 0. The third-order valence-corrected chi connectivity index (χ3v) is 4.50. The van der Waals surface area contributed by atoms with Crippen LogP contribution in [0.3, 0.4) is 0 Å². The van der Waals surface area contributed by atoms with Crippen LogP contribution >= 0.6 is 11.8 Å². The Hall–Kier alpha value is 0.230. The third kappa shape index (κ3) is 2.92. The Bertz CT molecular complexity index is 219. The molecule has 3 atom stereocenters. The summed E-state index contributed by atoms with van der Waals surface area (Å²) in [5.41, 5.74) is 6.29. The van der Waals surface area contributed by atoms with E-state index in [4.69, 9.17) is 15.2 Å². The van der Waals surface area contributed by atoms with Crippen molar-refractivity contribution in [3.8, 4) is 0 Å². The van der Waals surface area contributed by atoms with Gasteiger partial charge in [-0.3, -0.25) is 0 Å². The maximum atomic E-state index is 6.28. The summed E-state index contributed by atoms with van der Waals surface area (Å²) in [6, 6.07) is 0.342. The molecule has 2 N–H and O–H groups in total. The average Bonchev–Trinajstić information content (AvgIpc) is 2.74. The van der Waals surface area contributed by atoms with Gasteiger partial charge in [0.15, 0.2) is 0 Å². The molecule has 0 amide bonds. The molecule has 3 unspecified atom stereocenters. The first kappa shape index (κ1) is 12.7. The molecule has 2 aliphatic heterocycles. The number of hydrogen-bond acceptors (Lipinski definition) is 4. The largest absolute Gasteiger partial charge is 0.378 e. The molecule has 94 valence electrons. The maximum absolute atomic E-state index is 6.28. The van der Waals surface area contributed by atoms with Gasteiger partial charge >= 0.3 is 0 Å². The molecule has 16 heavy (non-hydrogen) atoms. The quantitative estimate of drug-likeness (QED) is 0.818. The molecule has 0 aromatic rings. The van der Waals surface area contributed by atoms with Crippen LogP contribution < -0.4 is 5.73 Å². The Morgan fingerprint density at radius 2 is 2.38 bits per heavy atom. The number of thioether (sulfide) groups is 1. The highest BCUT2D eigenvalue weighted by Crippen LogP contribution is 2.37. The highest BCUT2D eigenvalue weighted by molar-refractivity contribution is 7.98. The lowest BCUT2D eigenvalue weighted by atomic mass is 9.81. The first-order chi connectivity index (χ1) is 7.76. The summed E-state index contributed by atoms with van der Waals surface area (Å²) in [5, 5.41) is 0. The minimum atomic E-state index is 0.0138. The van der Waals surface area contributed by atoms with Crippen molar-refractivity contribution in [2.75, 3.05) is 31.8 Å². The fourth-order valence-corrected chi connectivity index (χ4v) is 3.29. The molecule has 2 fully saturated rings. The zero-order valence-corrected chi connectivity index (χ0v) is 10.9. The van der Waals surface area contributed by atoms with E-state index in [9.17, 15) is 0 Å². The summed E-state index contributed by atoms with van der Waals surface area (Å²) in [6.45, 7) is 2.49. The van der Waals surface area contributed by atoms with Crippen LogP contribution in [-0.2, 0) is 9.47 Å². The van der Waals surface area contributed by atoms with Gasteiger partial charge < -0.3 is 15.2 Å². The summed E-state index contributed by atoms with van der Waals surface area (Å²) in [6.07, 6.45) is 6.55. The Balaban J connectivity index is 1.85. The molecule has 0 radical (unpaired) electrons. The van der Waals surface area contributed by atoms with Gasteiger partial charge in [-0.1, -0.05) is 0 Å². The topological polar surface area (TPSA) is 44.5 Å². The van der Waals surface area contributed by atoms with E-state index in [1.54, 1.807) is 0 Å². The number of hydrogen-bond donors (Lipinski definition) is 1. The third-order valence-electron chi connectivity index (χ3n) is 3.86. The Morgan fingerprint density at radius 3 is 3.06 bits per heavy atom. The Morgan fingerprint density at radius 1 is 1.50 bits per heavy atom. The van der Waals surface area contributed by atoms with Gasteiger partial charge in [0.1, 0.15) is 0 Å². The zero-order chi connectivity index (χ0) is 11.4. The van der Waals surface area contributed by atoms with Gasteiger partial charge in [-0.15, -0.1) is 0 Å². The molecule has 2 saturated heterocycles. The summed E-state index contributed by atoms with van der Waals surface area (Å²) < 4.78 is 11.4. The van der Waals surface area contributed by atoms with Crippen LogP contribution in [0.4, 0.5) is 0 Å². The van der Waals surface area contributed by atoms with Gasteiger partial charge in [-0.2, -0.15) is 11.8 Å². The molecule has 2 rings (SSSR count). The molecule has 1 spiro atoms. The van der Waals surface area contributed by atoms with Crippen molar-refractivity contribution in [2.24, 2.45) is 11.7 Å². The lowest BCUT2D eigenvalue weighted by molar-refractivity contribution is -0.101. The van der Waals surface area contributed by atoms with Crippen molar-refractivity contribution in [1.82, 2.24) is 0 Å². The molecule has 3 nitrogen and oxygen atoms in total. The van der Waals surface area contributed by atoms with E-state index in [0.29, 0.717) is 12.0 Å². The zero-order valence-electron chi connectivity index (χ0n) is 10.1. The van der Waals surface area contributed by atoms with Gasteiger partial charge in [-0.05, 0) is 37.2 Å². The van der Waals surface area contributed by atoms with Crippen molar-refractivity contribution < 1.29 is 9.47 Å². The summed E-state index contributed by atoms with van der Waals surface area (Å²) in [7, 11) is 0. The van der Waals surface area contributed by atoms with Crippen molar-refractivity contribution >= 4 is 11.8 Å². The molecule has 4 heteroatoms. The predicted octanol–water partition coefficient (Wildman–Crippen LogP) is 1.65. The second-order valence-corrected chi connectivity index (χ2v) is 6.02. The minimum absolute atomic E-state index is 0.0138. The molecule has 2 aliphatic rings. The van der Waals surface area contributed by atoms with Crippen molar-refractivity contribution in [2.45, 2.75) is 37.3 Å². The van der Waals surface area contributed by atoms with Crippen LogP contribution in [0.1, 0.15) is 25.7 Å². The van der Waals surface area contributed by atoms with Gasteiger partial charge in [0.2, 0.25) is 0 Å². The van der Waals surface area contributed by atoms with Gasteiger partial charge in [0.25, 0.3) is 0 Å². The Kier molecular flexibility index (Phi) is 4.53. The first-order valence-electron chi connectivity index (χ1n) is 6.22. The highest BCUT2D eigenvalue weighted by Gasteiger charge is 2.42. The Labute approximate surface area is 102 Å². The van der Waals surface area contributed by atoms with E-state index in [0.717, 1.165) is 45.5 Å². The molecule has 0 bridgehead atoms. The van der Waals surface area contributed by atoms with E-state index in [1.165, 1.54) is 5.75 Å². The van der Waals surface area contributed by atoms with Gasteiger partial charge in [0, 0.05) is 25.7 Å². The fraction of sp³-hybridized carbons (Fsp3) is 1.00. The van der Waals surface area contributed by atoms with E-state index in [1.807, 2.05) is 11.8 Å². The van der Waals surface area contributed by atoms with Crippen LogP contribution in [-0.4, -0.2) is 43.5 Å². The number of nitrogens with two attached hydrogens (primary N) is 1. The van der Waals surface area contributed by atoms with Crippen LogP contribution in [0.15, 0.2) is 0 Å². The first-order valence-corrected chi connectivity index (χ1v) is 7.61. The van der Waals surface area contributed by atoms with E-state index in [-0.39, 0.29) is 5.60 Å². The van der Waals surface area contributed by atoms with Gasteiger partial charge in [0.05, 0.1) is 12.2 Å². The van der Waals surface area contributed by atoms with E-state index >= 15 is 0 Å². The maximum Gasteiger partial charge on any atom is 0.0939 e.